The van der Waals surface area contributed by atoms with Crippen molar-refractivity contribution in [3.05, 3.63) is 40.6 Å². The van der Waals surface area contributed by atoms with Gasteiger partial charge in [-0.3, -0.25) is 0 Å². The van der Waals surface area contributed by atoms with Gasteiger partial charge in [-0.15, -0.1) is 11.3 Å². The van der Waals surface area contributed by atoms with Crippen molar-refractivity contribution < 1.29 is 14.3 Å². The monoisotopic (exact) mass is 360 g/mol. The summed E-state index contributed by atoms with van der Waals surface area (Å²) in [5.74, 6) is 1.25. The number of anilines is 1. The van der Waals surface area contributed by atoms with Gasteiger partial charge in [-0.25, -0.2) is 4.79 Å². The molecule has 0 saturated carbocycles. The molecule has 2 heterocycles. The maximum Gasteiger partial charge on any atom is 0.322 e. The molecule has 0 radical (unpaired) electrons. The van der Waals surface area contributed by atoms with Gasteiger partial charge in [0.15, 0.2) is 11.5 Å². The summed E-state index contributed by atoms with van der Waals surface area (Å²) in [7, 11) is 3.18. The standard InChI is InChI=1S/C19H24N2O3S/c1-23-16-10-9-14(13-17(16)24-2)20-19(22)21-11-5-3-4-7-15(21)18-8-6-12-25-18/h6,8-10,12-13,15H,3-5,7,11H2,1-2H3,(H,20,22)/t15-/m0/s1. The molecule has 0 bridgehead atoms. The van der Waals surface area contributed by atoms with Crippen molar-refractivity contribution in [2.75, 3.05) is 26.1 Å². The minimum Gasteiger partial charge on any atom is -0.493 e. The number of thiophene rings is 1. The number of hydrogen-bond donors (Lipinski definition) is 1. The third-order valence-corrected chi connectivity index (χ3v) is 5.49. The number of nitrogens with zero attached hydrogens (tertiary/aromatic N) is 1. The number of hydrogen-bond acceptors (Lipinski definition) is 4. The fourth-order valence-electron chi connectivity index (χ4n) is 3.24. The number of rotatable bonds is 4. The number of ether oxygens (including phenoxy) is 2. The number of benzene rings is 1. The first kappa shape index (κ1) is 17.6. The highest BCUT2D eigenvalue weighted by Crippen LogP contribution is 2.34. The Bertz CT molecular complexity index is 703. The summed E-state index contributed by atoms with van der Waals surface area (Å²) in [4.78, 5) is 16.1. The van der Waals surface area contributed by atoms with E-state index in [9.17, 15) is 4.79 Å². The number of carbonyl (C=O) groups is 1. The van der Waals surface area contributed by atoms with Gasteiger partial charge in [-0.2, -0.15) is 0 Å². The van der Waals surface area contributed by atoms with Crippen LogP contribution in [0.25, 0.3) is 0 Å². The Labute approximate surface area is 152 Å². The van der Waals surface area contributed by atoms with Crippen molar-refractivity contribution in [2.45, 2.75) is 31.7 Å². The van der Waals surface area contributed by atoms with Crippen molar-refractivity contribution in [1.82, 2.24) is 4.90 Å². The van der Waals surface area contributed by atoms with Gasteiger partial charge in [-0.05, 0) is 36.4 Å². The van der Waals surface area contributed by atoms with E-state index in [0.29, 0.717) is 17.2 Å². The van der Waals surface area contributed by atoms with E-state index in [1.807, 2.05) is 11.0 Å². The molecule has 2 aromatic rings. The van der Waals surface area contributed by atoms with Gasteiger partial charge in [0.25, 0.3) is 0 Å². The van der Waals surface area contributed by atoms with Crippen LogP contribution in [0.15, 0.2) is 35.7 Å². The molecule has 0 aliphatic carbocycles. The van der Waals surface area contributed by atoms with Gasteiger partial charge in [0.05, 0.1) is 20.3 Å². The maximum atomic E-state index is 12.9. The van der Waals surface area contributed by atoms with Crippen LogP contribution in [0.1, 0.15) is 36.6 Å². The number of urea groups is 1. The molecule has 1 N–H and O–H groups in total. The lowest BCUT2D eigenvalue weighted by atomic mass is 10.1. The maximum absolute atomic E-state index is 12.9. The van der Waals surface area contributed by atoms with Gasteiger partial charge in [0.1, 0.15) is 0 Å². The lowest BCUT2D eigenvalue weighted by Gasteiger charge is -2.29. The molecule has 6 heteroatoms. The van der Waals surface area contributed by atoms with E-state index >= 15 is 0 Å². The minimum absolute atomic E-state index is 0.0625. The molecule has 1 aliphatic rings. The van der Waals surface area contributed by atoms with Crippen molar-refractivity contribution in [2.24, 2.45) is 0 Å². The van der Waals surface area contributed by atoms with E-state index in [0.717, 1.165) is 25.8 Å². The van der Waals surface area contributed by atoms with Gasteiger partial charge in [0.2, 0.25) is 0 Å². The molecular weight excluding hydrogens is 336 g/mol. The molecule has 1 atom stereocenters. The Morgan fingerprint density at radius 2 is 2.00 bits per heavy atom. The van der Waals surface area contributed by atoms with E-state index in [-0.39, 0.29) is 12.1 Å². The largest absolute Gasteiger partial charge is 0.493 e. The predicted octanol–water partition coefficient (Wildman–Crippen LogP) is 4.91. The van der Waals surface area contributed by atoms with Crippen LogP contribution in [-0.2, 0) is 0 Å². The summed E-state index contributed by atoms with van der Waals surface area (Å²) in [6, 6.07) is 9.68. The van der Waals surface area contributed by atoms with Gasteiger partial charge < -0.3 is 19.7 Å². The predicted molar refractivity (Wildman–Crippen MR) is 101 cm³/mol. The van der Waals surface area contributed by atoms with Crippen molar-refractivity contribution in [3.63, 3.8) is 0 Å². The molecule has 1 aromatic carbocycles. The van der Waals surface area contributed by atoms with Crippen LogP contribution in [0.2, 0.25) is 0 Å². The zero-order valence-corrected chi connectivity index (χ0v) is 15.5. The van der Waals surface area contributed by atoms with E-state index < -0.39 is 0 Å². The molecular formula is C19H24N2O3S. The summed E-state index contributed by atoms with van der Waals surface area (Å²) < 4.78 is 10.6. The van der Waals surface area contributed by atoms with Crippen molar-refractivity contribution >= 4 is 23.1 Å². The molecule has 3 rings (SSSR count). The zero-order valence-electron chi connectivity index (χ0n) is 14.7. The lowest BCUT2D eigenvalue weighted by Crippen LogP contribution is -2.37. The Kier molecular flexibility index (Phi) is 5.81. The molecule has 25 heavy (non-hydrogen) atoms. The molecule has 2 amide bonds. The van der Waals surface area contributed by atoms with Crippen LogP contribution in [0, 0.1) is 0 Å². The highest BCUT2D eigenvalue weighted by Gasteiger charge is 2.27. The Morgan fingerprint density at radius 3 is 2.72 bits per heavy atom. The Morgan fingerprint density at radius 1 is 1.16 bits per heavy atom. The Hall–Kier alpha value is -2.21. The van der Waals surface area contributed by atoms with Gasteiger partial charge in [0, 0.05) is 23.2 Å². The second kappa shape index (κ2) is 8.25. The normalized spacial score (nSPS) is 17.7. The first-order valence-corrected chi connectivity index (χ1v) is 9.44. The van der Waals surface area contributed by atoms with Crippen molar-refractivity contribution in [1.29, 1.82) is 0 Å². The summed E-state index contributed by atoms with van der Waals surface area (Å²) >= 11 is 1.72. The minimum atomic E-state index is -0.0625. The van der Waals surface area contributed by atoms with E-state index in [2.05, 4.69) is 22.8 Å². The quantitative estimate of drug-likeness (QED) is 0.842. The topological polar surface area (TPSA) is 50.8 Å². The van der Waals surface area contributed by atoms with Crippen LogP contribution in [0.5, 0.6) is 11.5 Å². The first-order chi connectivity index (χ1) is 12.2. The van der Waals surface area contributed by atoms with Crippen LogP contribution < -0.4 is 14.8 Å². The SMILES string of the molecule is COc1ccc(NC(=O)N2CCCCC[C@H]2c2cccs2)cc1OC. The smallest absolute Gasteiger partial charge is 0.322 e. The molecule has 1 aliphatic heterocycles. The molecule has 5 nitrogen and oxygen atoms in total. The molecule has 1 fully saturated rings. The first-order valence-electron chi connectivity index (χ1n) is 8.56. The average Bonchev–Trinajstić information content (AvgIpc) is 3.05. The summed E-state index contributed by atoms with van der Waals surface area (Å²) in [6.45, 7) is 0.779. The zero-order chi connectivity index (χ0) is 17.6. The molecule has 0 spiro atoms. The van der Waals surface area contributed by atoms with E-state index in [1.54, 1.807) is 37.7 Å². The molecule has 134 valence electrons. The van der Waals surface area contributed by atoms with Crippen LogP contribution in [0.4, 0.5) is 10.5 Å². The third kappa shape index (κ3) is 4.07. The molecule has 1 saturated heterocycles. The van der Waals surface area contributed by atoms with E-state index in [4.69, 9.17) is 9.47 Å². The molecule has 1 aromatic heterocycles. The highest BCUT2D eigenvalue weighted by molar-refractivity contribution is 7.10. The fourth-order valence-corrected chi connectivity index (χ4v) is 4.11. The highest BCUT2D eigenvalue weighted by atomic mass is 32.1. The van der Waals surface area contributed by atoms with Crippen LogP contribution >= 0.6 is 11.3 Å². The fraction of sp³-hybridized carbons (Fsp3) is 0.421. The van der Waals surface area contributed by atoms with Crippen LogP contribution in [-0.4, -0.2) is 31.7 Å². The summed E-state index contributed by atoms with van der Waals surface area (Å²) in [5.41, 5.74) is 0.705. The third-order valence-electron chi connectivity index (χ3n) is 4.52. The summed E-state index contributed by atoms with van der Waals surface area (Å²) in [6.07, 6.45) is 4.38. The lowest BCUT2D eigenvalue weighted by molar-refractivity contribution is 0.190. The van der Waals surface area contributed by atoms with Gasteiger partial charge >= 0.3 is 6.03 Å². The summed E-state index contributed by atoms with van der Waals surface area (Å²) in [5, 5.41) is 5.09. The second-order valence-electron chi connectivity index (χ2n) is 6.07. The van der Waals surface area contributed by atoms with E-state index in [1.165, 1.54) is 11.3 Å². The van der Waals surface area contributed by atoms with Crippen molar-refractivity contribution in [3.8, 4) is 11.5 Å². The number of amides is 2. The number of methoxy groups -OCH3 is 2. The number of nitrogens with one attached hydrogen (secondary N) is 1. The second-order valence-corrected chi connectivity index (χ2v) is 7.05. The van der Waals surface area contributed by atoms with Gasteiger partial charge in [-0.1, -0.05) is 18.9 Å². The number of carbonyl (C=O) groups excluding carboxylic acids is 1. The molecule has 0 unspecified atom stereocenters. The Balaban J connectivity index is 1.78. The number of likely N-dealkylation sites (tertiary alicyclic amines) is 1. The average molecular weight is 360 g/mol. The van der Waals surface area contributed by atoms with Crippen LogP contribution in [0.3, 0.4) is 0 Å².